The van der Waals surface area contributed by atoms with Gasteiger partial charge in [-0.15, -0.1) is 0 Å². The zero-order chi connectivity index (χ0) is 23.0. The molecule has 2 amide bonds. The van der Waals surface area contributed by atoms with Gasteiger partial charge >= 0.3 is 6.18 Å². The quantitative estimate of drug-likeness (QED) is 0.594. The molecule has 13 heteroatoms. The van der Waals surface area contributed by atoms with E-state index in [2.05, 4.69) is 15.2 Å². The van der Waals surface area contributed by atoms with Gasteiger partial charge in [0.1, 0.15) is 11.8 Å². The summed E-state index contributed by atoms with van der Waals surface area (Å²) in [6.45, 7) is 0.341. The fraction of sp³-hybridized carbons (Fsp3) is 0.368. The number of nitrogens with one attached hydrogen (secondary N) is 1. The Kier molecular flexibility index (Phi) is 5.82. The zero-order valence-electron chi connectivity index (χ0n) is 16.5. The lowest BCUT2D eigenvalue weighted by Crippen LogP contribution is -2.41. The molecule has 1 saturated heterocycles. The number of imidazole rings is 1. The normalized spacial score (nSPS) is 15.4. The minimum atomic E-state index is -4.72. The number of aromatic nitrogens is 4. The zero-order valence-corrected chi connectivity index (χ0v) is 17.3. The topological polar surface area (TPSA) is 119 Å². The third kappa shape index (κ3) is 4.28. The van der Waals surface area contributed by atoms with Crippen molar-refractivity contribution < 1.29 is 27.5 Å². The van der Waals surface area contributed by atoms with E-state index in [0.29, 0.717) is 18.4 Å². The van der Waals surface area contributed by atoms with Gasteiger partial charge in [-0.05, 0) is 18.9 Å². The predicted molar refractivity (Wildman–Crippen MR) is 107 cm³/mol. The summed E-state index contributed by atoms with van der Waals surface area (Å²) in [5.41, 5.74) is 3.95. The lowest BCUT2D eigenvalue weighted by Gasteiger charge is -2.31. The maximum Gasteiger partial charge on any atom is 0.420 e. The smallest absolute Gasteiger partial charge is 0.368 e. The number of alkyl halides is 3. The number of ether oxygens (including phenoxy) is 1. The summed E-state index contributed by atoms with van der Waals surface area (Å²) < 4.78 is 47.7. The number of hydrogen-bond donors (Lipinski definition) is 2. The van der Waals surface area contributed by atoms with Crippen LogP contribution in [0, 0.1) is 0 Å². The number of aromatic amines is 1. The molecular formula is C19H18ClF3N6O3. The minimum absolute atomic E-state index is 0.212. The number of H-pyrrole nitrogens is 1. The fourth-order valence-electron chi connectivity index (χ4n) is 3.60. The molecule has 0 atom stereocenters. The molecule has 0 saturated carbocycles. The van der Waals surface area contributed by atoms with Gasteiger partial charge < -0.3 is 15.4 Å². The Morgan fingerprint density at radius 1 is 1.28 bits per heavy atom. The second-order valence-corrected chi connectivity index (χ2v) is 7.70. The Morgan fingerprint density at radius 2 is 2.00 bits per heavy atom. The molecule has 0 radical (unpaired) electrons. The van der Waals surface area contributed by atoms with Crippen LogP contribution >= 0.6 is 11.6 Å². The van der Waals surface area contributed by atoms with Gasteiger partial charge in [0.2, 0.25) is 5.91 Å². The lowest BCUT2D eigenvalue weighted by atomic mass is 10.1. The summed E-state index contributed by atoms with van der Waals surface area (Å²) in [6, 6.07) is 0.944. The van der Waals surface area contributed by atoms with Gasteiger partial charge in [-0.2, -0.15) is 18.3 Å². The average molecular weight is 471 g/mol. The Balaban J connectivity index is 1.65. The molecule has 4 heterocycles. The van der Waals surface area contributed by atoms with E-state index in [1.165, 1.54) is 23.5 Å². The molecule has 1 aliphatic rings. The van der Waals surface area contributed by atoms with Crippen LogP contribution in [-0.4, -0.2) is 62.1 Å². The van der Waals surface area contributed by atoms with Crippen molar-refractivity contribution in [3.05, 3.63) is 41.1 Å². The number of carbonyl (C=O) groups excluding carboxylic acids is 2. The van der Waals surface area contributed by atoms with E-state index in [0.717, 1.165) is 10.5 Å². The largest absolute Gasteiger partial charge is 0.420 e. The highest BCUT2D eigenvalue weighted by atomic mass is 35.5. The molecule has 1 aliphatic heterocycles. The molecule has 3 aromatic rings. The number of pyridine rings is 1. The number of piperidine rings is 1. The van der Waals surface area contributed by atoms with Crippen molar-refractivity contribution >= 4 is 29.1 Å². The maximum absolute atomic E-state index is 13.7. The van der Waals surface area contributed by atoms with Crippen LogP contribution in [0.25, 0.3) is 16.8 Å². The number of nitrogens with zero attached hydrogens (tertiary/aromatic N) is 4. The first-order valence-corrected chi connectivity index (χ1v) is 10.00. The molecule has 3 N–H and O–H groups in total. The highest BCUT2D eigenvalue weighted by Gasteiger charge is 2.37. The summed E-state index contributed by atoms with van der Waals surface area (Å²) in [4.78, 5) is 29.2. The summed E-state index contributed by atoms with van der Waals surface area (Å²) in [5.74, 6) is -1.17. The summed E-state index contributed by atoms with van der Waals surface area (Å²) in [5, 5.41) is 6.09. The molecule has 4 rings (SSSR count). The van der Waals surface area contributed by atoms with E-state index in [1.54, 1.807) is 0 Å². The molecule has 32 heavy (non-hydrogen) atoms. The number of amides is 2. The second kappa shape index (κ2) is 8.43. The Hall–Kier alpha value is -3.12. The Bertz CT molecular complexity index is 1150. The summed E-state index contributed by atoms with van der Waals surface area (Å²) >= 11 is 6.33. The van der Waals surface area contributed by atoms with E-state index in [-0.39, 0.29) is 42.2 Å². The van der Waals surface area contributed by atoms with Crippen molar-refractivity contribution in [2.45, 2.75) is 25.1 Å². The van der Waals surface area contributed by atoms with Crippen molar-refractivity contribution in [2.75, 3.05) is 19.7 Å². The molecule has 0 aromatic carbocycles. The van der Waals surface area contributed by atoms with E-state index in [9.17, 15) is 22.8 Å². The number of primary amides is 1. The highest BCUT2D eigenvalue weighted by Crippen LogP contribution is 2.37. The molecule has 170 valence electrons. The van der Waals surface area contributed by atoms with Crippen LogP contribution in [0.5, 0.6) is 0 Å². The number of halogens is 4. The second-order valence-electron chi connectivity index (χ2n) is 7.34. The minimum Gasteiger partial charge on any atom is -0.368 e. The van der Waals surface area contributed by atoms with Crippen molar-refractivity contribution in [3.63, 3.8) is 0 Å². The Labute approximate surface area is 184 Å². The van der Waals surface area contributed by atoms with E-state index < -0.39 is 29.2 Å². The average Bonchev–Trinajstić information content (AvgIpc) is 3.39. The van der Waals surface area contributed by atoms with Gasteiger partial charge in [0.25, 0.3) is 5.91 Å². The van der Waals surface area contributed by atoms with E-state index in [1.807, 2.05) is 0 Å². The van der Waals surface area contributed by atoms with Crippen molar-refractivity contribution in [2.24, 2.45) is 5.73 Å². The summed E-state index contributed by atoms with van der Waals surface area (Å²) in [6.07, 6.45) is 0.144. The van der Waals surface area contributed by atoms with Crippen LogP contribution < -0.4 is 5.73 Å². The Morgan fingerprint density at radius 3 is 2.59 bits per heavy atom. The fourth-order valence-corrected chi connectivity index (χ4v) is 3.86. The maximum atomic E-state index is 13.7. The predicted octanol–water partition coefficient (Wildman–Crippen LogP) is 2.50. The number of nitrogens with two attached hydrogens (primary N) is 1. The van der Waals surface area contributed by atoms with Gasteiger partial charge in [-0.25, -0.2) is 4.98 Å². The van der Waals surface area contributed by atoms with Crippen molar-refractivity contribution in [1.82, 2.24) is 24.5 Å². The van der Waals surface area contributed by atoms with Crippen LogP contribution in [0.1, 0.15) is 28.9 Å². The van der Waals surface area contributed by atoms with Crippen LogP contribution in [0.2, 0.25) is 5.15 Å². The number of fused-ring (bicyclic) bond motifs is 1. The third-order valence-electron chi connectivity index (χ3n) is 5.19. The van der Waals surface area contributed by atoms with Crippen LogP contribution in [-0.2, 0) is 15.7 Å². The standard InChI is InChI=1S/C19H18ClF3N6O3/c20-16-15(18(31)28-3-1-12(2-4-28)32-9-14(24)30)27-17-13(19(21,22)23)5-10(8-29(16)17)11-6-25-26-7-11/h5-8,12H,1-4,9H2,(H2,24,30)(H,25,26). The first-order chi connectivity index (χ1) is 15.1. The van der Waals surface area contributed by atoms with Gasteiger partial charge in [-0.3, -0.25) is 19.1 Å². The molecule has 0 bridgehead atoms. The van der Waals surface area contributed by atoms with E-state index >= 15 is 0 Å². The molecule has 0 spiro atoms. The third-order valence-corrected chi connectivity index (χ3v) is 5.55. The molecular weight excluding hydrogens is 453 g/mol. The van der Waals surface area contributed by atoms with Gasteiger partial charge in [0, 0.05) is 36.6 Å². The summed E-state index contributed by atoms with van der Waals surface area (Å²) in [7, 11) is 0. The number of hydrogen-bond acceptors (Lipinski definition) is 5. The first kappa shape index (κ1) is 22.1. The van der Waals surface area contributed by atoms with Crippen LogP contribution in [0.15, 0.2) is 24.7 Å². The molecule has 1 fully saturated rings. The SMILES string of the molecule is NC(=O)COC1CCN(C(=O)c2nc3c(C(F)(F)F)cc(-c4cn[nH]c4)cn3c2Cl)CC1. The number of carbonyl (C=O) groups is 2. The first-order valence-electron chi connectivity index (χ1n) is 9.62. The van der Waals surface area contributed by atoms with Crippen LogP contribution in [0.3, 0.4) is 0 Å². The van der Waals surface area contributed by atoms with E-state index in [4.69, 9.17) is 22.1 Å². The number of likely N-dealkylation sites (tertiary alicyclic amines) is 1. The van der Waals surface area contributed by atoms with Crippen molar-refractivity contribution in [3.8, 4) is 11.1 Å². The molecule has 3 aromatic heterocycles. The molecule has 0 unspecified atom stereocenters. The van der Waals surface area contributed by atoms with Gasteiger partial charge in [-0.1, -0.05) is 11.6 Å². The lowest BCUT2D eigenvalue weighted by molar-refractivity contribution is -0.136. The van der Waals surface area contributed by atoms with Crippen LogP contribution in [0.4, 0.5) is 13.2 Å². The number of rotatable bonds is 5. The molecule has 9 nitrogen and oxygen atoms in total. The monoisotopic (exact) mass is 470 g/mol. The highest BCUT2D eigenvalue weighted by molar-refractivity contribution is 6.33. The van der Waals surface area contributed by atoms with Crippen molar-refractivity contribution in [1.29, 1.82) is 0 Å². The van der Waals surface area contributed by atoms with Gasteiger partial charge in [0.05, 0.1) is 17.9 Å². The molecule has 0 aliphatic carbocycles. The van der Waals surface area contributed by atoms with Gasteiger partial charge in [0.15, 0.2) is 11.3 Å².